The minimum Gasteiger partial charge on any atom is -0.226 e. The number of rotatable bonds is 6. The molecule has 2 nitrogen and oxygen atoms in total. The van der Waals surface area contributed by atoms with E-state index in [1.807, 2.05) is 0 Å². The van der Waals surface area contributed by atoms with Gasteiger partial charge < -0.3 is 0 Å². The van der Waals surface area contributed by atoms with Crippen molar-refractivity contribution in [1.29, 1.82) is 0 Å². The van der Waals surface area contributed by atoms with Crippen LogP contribution in [-0.2, 0) is 0 Å². The molecule has 0 rings (SSSR count). The first-order chi connectivity index (χ1) is 6.83. The van der Waals surface area contributed by atoms with Gasteiger partial charge in [0.25, 0.3) is 0 Å². The Hall–Kier alpha value is -0.400. The molecule has 0 aliphatic carbocycles. The van der Waals surface area contributed by atoms with E-state index in [0.717, 1.165) is 19.3 Å². The fraction of sp³-hybridized carbons (Fsp3) is 0.818. The molecule has 0 bridgehead atoms. The zero-order valence-electron chi connectivity index (χ0n) is 9.83. The van der Waals surface area contributed by atoms with Crippen molar-refractivity contribution in [2.24, 2.45) is 9.98 Å². The number of thiocarbonyl (C=S) groups is 2. The summed E-state index contributed by atoms with van der Waals surface area (Å²) in [4.78, 5) is 8.24. The van der Waals surface area contributed by atoms with Crippen molar-refractivity contribution in [3.05, 3.63) is 0 Å². The SMILES string of the molecule is CC(C)(CCCC(C)(C)N=C=S)N=C=S. The van der Waals surface area contributed by atoms with Gasteiger partial charge in [-0.15, -0.1) is 0 Å². The Morgan fingerprint density at radius 1 is 0.867 bits per heavy atom. The topological polar surface area (TPSA) is 24.7 Å². The lowest BCUT2D eigenvalue weighted by Gasteiger charge is -2.21. The number of nitrogens with zero attached hydrogens (tertiary/aromatic N) is 2. The number of isothiocyanates is 2. The Morgan fingerprint density at radius 3 is 1.47 bits per heavy atom. The van der Waals surface area contributed by atoms with Crippen molar-refractivity contribution >= 4 is 34.8 Å². The molecule has 0 aromatic rings. The molecular weight excluding hydrogens is 224 g/mol. The van der Waals surface area contributed by atoms with Crippen molar-refractivity contribution in [2.75, 3.05) is 0 Å². The Balaban J connectivity index is 4.09. The van der Waals surface area contributed by atoms with Crippen LogP contribution in [0.3, 0.4) is 0 Å². The second-order valence-corrected chi connectivity index (χ2v) is 5.25. The molecule has 0 aliphatic rings. The van der Waals surface area contributed by atoms with Crippen LogP contribution in [0.25, 0.3) is 0 Å². The van der Waals surface area contributed by atoms with Crippen LogP contribution in [0.4, 0.5) is 0 Å². The summed E-state index contributed by atoms with van der Waals surface area (Å²) in [6, 6.07) is 0. The lowest BCUT2D eigenvalue weighted by Crippen LogP contribution is -2.20. The van der Waals surface area contributed by atoms with Gasteiger partial charge in [-0.05, 0) is 71.4 Å². The van der Waals surface area contributed by atoms with Gasteiger partial charge in [-0.2, -0.15) is 0 Å². The summed E-state index contributed by atoms with van der Waals surface area (Å²) in [5.41, 5.74) is -0.224. The molecule has 0 heterocycles. The number of hydrogen-bond donors (Lipinski definition) is 0. The molecule has 0 saturated heterocycles. The first-order valence-corrected chi connectivity index (χ1v) is 5.83. The summed E-state index contributed by atoms with van der Waals surface area (Å²) in [5.74, 6) is 0. The first kappa shape index (κ1) is 14.6. The van der Waals surface area contributed by atoms with E-state index in [2.05, 4.69) is 72.4 Å². The number of hydrogen-bond acceptors (Lipinski definition) is 4. The molecule has 0 radical (unpaired) electrons. The maximum atomic E-state index is 4.61. The van der Waals surface area contributed by atoms with Crippen LogP contribution in [0.2, 0.25) is 0 Å². The summed E-state index contributed by atoms with van der Waals surface area (Å²) >= 11 is 9.21. The molecule has 0 amide bonds. The average Bonchev–Trinajstić information content (AvgIpc) is 2.02. The zero-order valence-corrected chi connectivity index (χ0v) is 11.5. The minimum atomic E-state index is -0.112. The van der Waals surface area contributed by atoms with Gasteiger partial charge in [0.2, 0.25) is 0 Å². The second-order valence-electron chi connectivity index (χ2n) is 4.88. The molecular formula is C11H18N2S2. The van der Waals surface area contributed by atoms with E-state index in [-0.39, 0.29) is 11.1 Å². The highest BCUT2D eigenvalue weighted by Gasteiger charge is 2.19. The van der Waals surface area contributed by atoms with E-state index in [0.29, 0.717) is 0 Å². The van der Waals surface area contributed by atoms with E-state index < -0.39 is 0 Å². The van der Waals surface area contributed by atoms with Crippen LogP contribution in [0.5, 0.6) is 0 Å². The average molecular weight is 242 g/mol. The summed E-state index contributed by atoms with van der Waals surface area (Å²) in [7, 11) is 0. The van der Waals surface area contributed by atoms with Gasteiger partial charge in [-0.25, -0.2) is 9.98 Å². The van der Waals surface area contributed by atoms with Crippen LogP contribution in [-0.4, -0.2) is 21.4 Å². The minimum absolute atomic E-state index is 0.112. The van der Waals surface area contributed by atoms with Gasteiger partial charge >= 0.3 is 0 Å². The Bertz CT molecular complexity index is 266. The van der Waals surface area contributed by atoms with Crippen LogP contribution in [0, 0.1) is 0 Å². The van der Waals surface area contributed by atoms with Crippen molar-refractivity contribution in [1.82, 2.24) is 0 Å². The van der Waals surface area contributed by atoms with Crippen molar-refractivity contribution < 1.29 is 0 Å². The molecule has 0 fully saturated rings. The molecule has 0 aliphatic heterocycles. The standard InChI is InChI=1S/C11H18N2S2/c1-10(2,12-8-14)6-5-7-11(3,4)13-9-15/h5-7H2,1-4H3. The van der Waals surface area contributed by atoms with E-state index in [1.54, 1.807) is 0 Å². The van der Waals surface area contributed by atoms with E-state index in [4.69, 9.17) is 0 Å². The lowest BCUT2D eigenvalue weighted by atomic mass is 9.92. The van der Waals surface area contributed by atoms with Crippen molar-refractivity contribution in [2.45, 2.75) is 58.0 Å². The molecule has 0 spiro atoms. The summed E-state index contributed by atoms with van der Waals surface area (Å²) in [6.07, 6.45) is 3.00. The van der Waals surface area contributed by atoms with Gasteiger partial charge in [0.05, 0.1) is 21.4 Å². The summed E-state index contributed by atoms with van der Waals surface area (Å²) in [5, 5.41) is 4.87. The first-order valence-electron chi connectivity index (χ1n) is 5.01. The summed E-state index contributed by atoms with van der Waals surface area (Å²) < 4.78 is 0. The molecule has 0 aromatic carbocycles. The smallest absolute Gasteiger partial charge is 0.0655 e. The van der Waals surface area contributed by atoms with E-state index in [9.17, 15) is 0 Å². The highest BCUT2D eigenvalue weighted by molar-refractivity contribution is 7.78. The molecule has 84 valence electrons. The lowest BCUT2D eigenvalue weighted by molar-refractivity contribution is 0.398. The molecule has 4 heteroatoms. The molecule has 0 saturated carbocycles. The highest BCUT2D eigenvalue weighted by Crippen LogP contribution is 2.22. The van der Waals surface area contributed by atoms with Crippen LogP contribution in [0.1, 0.15) is 47.0 Å². The van der Waals surface area contributed by atoms with Gasteiger partial charge in [0, 0.05) is 0 Å². The third-order valence-electron chi connectivity index (χ3n) is 2.27. The fourth-order valence-corrected chi connectivity index (χ4v) is 1.81. The van der Waals surface area contributed by atoms with Crippen LogP contribution >= 0.6 is 24.4 Å². The Labute approximate surface area is 103 Å². The van der Waals surface area contributed by atoms with E-state index >= 15 is 0 Å². The van der Waals surface area contributed by atoms with Crippen molar-refractivity contribution in [3.63, 3.8) is 0 Å². The molecule has 15 heavy (non-hydrogen) atoms. The highest BCUT2D eigenvalue weighted by atomic mass is 32.1. The molecule has 0 N–H and O–H groups in total. The zero-order chi connectivity index (χ0) is 11.9. The Morgan fingerprint density at radius 2 is 1.20 bits per heavy atom. The predicted octanol–water partition coefficient (Wildman–Crippen LogP) is 3.92. The number of aliphatic imine (C=N–C) groups is 2. The van der Waals surface area contributed by atoms with Crippen LogP contribution in [0.15, 0.2) is 9.98 Å². The molecule has 0 atom stereocenters. The monoisotopic (exact) mass is 242 g/mol. The van der Waals surface area contributed by atoms with Crippen LogP contribution < -0.4 is 0 Å². The maximum Gasteiger partial charge on any atom is 0.0655 e. The Kier molecular flexibility index (Phi) is 6.07. The quantitative estimate of drug-likeness (QED) is 0.521. The third-order valence-corrected chi connectivity index (χ3v) is 2.46. The van der Waals surface area contributed by atoms with Crippen molar-refractivity contribution in [3.8, 4) is 0 Å². The second kappa shape index (κ2) is 6.24. The van der Waals surface area contributed by atoms with Gasteiger partial charge in [-0.1, -0.05) is 0 Å². The fourth-order valence-electron chi connectivity index (χ4n) is 1.31. The predicted molar refractivity (Wildman–Crippen MR) is 72.1 cm³/mol. The third kappa shape index (κ3) is 7.52. The van der Waals surface area contributed by atoms with Gasteiger partial charge in [-0.3, -0.25) is 0 Å². The normalized spacial score (nSPS) is 11.5. The summed E-state index contributed by atoms with van der Waals surface area (Å²) in [6.45, 7) is 8.23. The molecule has 0 unspecified atom stereocenters. The molecule has 0 aromatic heterocycles. The van der Waals surface area contributed by atoms with Gasteiger partial charge in [0.15, 0.2) is 0 Å². The van der Waals surface area contributed by atoms with Gasteiger partial charge in [0.1, 0.15) is 0 Å². The maximum absolute atomic E-state index is 4.61. The largest absolute Gasteiger partial charge is 0.226 e. The van der Waals surface area contributed by atoms with E-state index in [1.165, 1.54) is 0 Å².